The van der Waals surface area contributed by atoms with E-state index in [4.69, 9.17) is 18.0 Å². The van der Waals surface area contributed by atoms with Crippen LogP contribution in [0.2, 0.25) is 0 Å². The van der Waals surface area contributed by atoms with Gasteiger partial charge in [0.15, 0.2) is 0 Å². The summed E-state index contributed by atoms with van der Waals surface area (Å²) in [6.07, 6.45) is 0. The van der Waals surface area contributed by atoms with Gasteiger partial charge in [-0.05, 0) is 42.8 Å². The molecule has 5 heteroatoms. The van der Waals surface area contributed by atoms with Crippen LogP contribution < -0.4 is 11.1 Å². The zero-order valence-electron chi connectivity index (χ0n) is 15.0. The van der Waals surface area contributed by atoms with Crippen molar-refractivity contribution >= 4 is 40.3 Å². The zero-order chi connectivity index (χ0) is 18.0. The number of nitrogens with zero attached hydrogens (tertiary/aromatic N) is 1. The Kier molecular flexibility index (Phi) is 5.67. The van der Waals surface area contributed by atoms with Crippen molar-refractivity contribution in [3.8, 4) is 0 Å². The number of anilines is 2. The minimum atomic E-state index is 0.338. The van der Waals surface area contributed by atoms with E-state index in [-0.39, 0.29) is 0 Å². The fraction of sp³-hybridized carbons (Fsp3) is 0.350. The van der Waals surface area contributed by atoms with Gasteiger partial charge in [0.25, 0.3) is 0 Å². The quantitative estimate of drug-likeness (QED) is 0.599. The van der Waals surface area contributed by atoms with E-state index in [0.29, 0.717) is 10.9 Å². The maximum atomic E-state index is 6.06. The minimum absolute atomic E-state index is 0.338. The lowest BCUT2D eigenvalue weighted by molar-refractivity contribution is 0.288. The summed E-state index contributed by atoms with van der Waals surface area (Å²) in [5.41, 5.74) is 10.6. The van der Waals surface area contributed by atoms with Crippen LogP contribution in [0.15, 0.2) is 46.2 Å². The first-order valence-corrected chi connectivity index (χ1v) is 10.0. The van der Waals surface area contributed by atoms with Crippen LogP contribution in [0.1, 0.15) is 37.8 Å². The summed E-state index contributed by atoms with van der Waals surface area (Å²) in [4.78, 5) is 5.40. The van der Waals surface area contributed by atoms with Gasteiger partial charge < -0.3 is 16.0 Å². The predicted octanol–water partition coefficient (Wildman–Crippen LogP) is 4.97. The van der Waals surface area contributed by atoms with Crippen molar-refractivity contribution < 1.29 is 0 Å². The first-order valence-electron chi connectivity index (χ1n) is 8.78. The molecule has 2 aromatic carbocycles. The van der Waals surface area contributed by atoms with Gasteiger partial charge in [-0.3, -0.25) is 0 Å². The molecular formula is C20H25N3S2. The van der Waals surface area contributed by atoms with E-state index in [2.05, 4.69) is 67.4 Å². The summed E-state index contributed by atoms with van der Waals surface area (Å²) in [6, 6.07) is 12.6. The lowest BCUT2D eigenvalue weighted by Crippen LogP contribution is -2.29. The monoisotopic (exact) mass is 371 g/mol. The highest BCUT2D eigenvalue weighted by Gasteiger charge is 2.25. The number of nitrogens with one attached hydrogen (secondary N) is 1. The van der Waals surface area contributed by atoms with E-state index >= 15 is 0 Å². The number of nitrogens with two attached hydrogens (primary N) is 1. The van der Waals surface area contributed by atoms with Crippen LogP contribution in [-0.4, -0.2) is 29.5 Å². The molecule has 0 radical (unpaired) electrons. The summed E-state index contributed by atoms with van der Waals surface area (Å²) in [7, 11) is 0. The Morgan fingerprint density at radius 2 is 1.88 bits per heavy atom. The van der Waals surface area contributed by atoms with Gasteiger partial charge in [-0.15, -0.1) is 0 Å². The number of hydrogen-bond donors (Lipinski definition) is 2. The molecule has 0 fully saturated rings. The number of thiocarbonyl (C=S) groups is 1. The number of para-hydroxylation sites is 1. The van der Waals surface area contributed by atoms with Gasteiger partial charge in [-0.25, -0.2) is 0 Å². The molecular weight excluding hydrogens is 346 g/mol. The summed E-state index contributed by atoms with van der Waals surface area (Å²) in [5, 5.41) is 3.64. The van der Waals surface area contributed by atoms with E-state index in [0.717, 1.165) is 36.6 Å². The minimum Gasteiger partial charge on any atom is -0.389 e. The fourth-order valence-electron chi connectivity index (χ4n) is 3.41. The second kappa shape index (κ2) is 7.77. The molecule has 1 heterocycles. The average Bonchev–Trinajstić information content (AvgIpc) is 2.63. The third-order valence-electron chi connectivity index (χ3n) is 4.76. The molecule has 0 aliphatic carbocycles. The maximum absolute atomic E-state index is 6.06. The average molecular weight is 372 g/mol. The van der Waals surface area contributed by atoms with Crippen LogP contribution in [0.25, 0.3) is 0 Å². The number of benzene rings is 2. The summed E-state index contributed by atoms with van der Waals surface area (Å²) < 4.78 is 0. The van der Waals surface area contributed by atoms with Crippen LogP contribution in [0, 0.1) is 0 Å². The van der Waals surface area contributed by atoms with Crippen LogP contribution >= 0.6 is 24.0 Å². The Morgan fingerprint density at radius 1 is 1.16 bits per heavy atom. The molecule has 1 atom stereocenters. The van der Waals surface area contributed by atoms with E-state index in [1.807, 2.05) is 0 Å². The molecule has 1 aliphatic heterocycles. The number of fused-ring (bicyclic) bond motifs is 2. The predicted molar refractivity (Wildman–Crippen MR) is 112 cm³/mol. The highest BCUT2D eigenvalue weighted by molar-refractivity contribution is 7.99. The van der Waals surface area contributed by atoms with Crippen LogP contribution in [0.5, 0.6) is 0 Å². The Hall–Kier alpha value is -1.56. The van der Waals surface area contributed by atoms with E-state index in [9.17, 15) is 0 Å². The SMILES string of the molecule is CCN(CC)CC(C)c1c(C(N)=S)ccc2c1Nc1ccccc1S2. The molecule has 1 aliphatic rings. The van der Waals surface area contributed by atoms with Gasteiger partial charge in [-0.1, -0.05) is 63.0 Å². The lowest BCUT2D eigenvalue weighted by atomic mass is 9.92. The molecule has 0 amide bonds. The highest BCUT2D eigenvalue weighted by atomic mass is 32.2. The molecule has 3 nitrogen and oxygen atoms in total. The van der Waals surface area contributed by atoms with Gasteiger partial charge in [0, 0.05) is 21.9 Å². The molecule has 3 rings (SSSR count). The van der Waals surface area contributed by atoms with Gasteiger partial charge in [0.05, 0.1) is 11.4 Å². The Bertz CT molecular complexity index is 785. The smallest absolute Gasteiger partial charge is 0.104 e. The third-order valence-corrected chi connectivity index (χ3v) is 6.11. The van der Waals surface area contributed by atoms with Crippen LogP contribution in [0.4, 0.5) is 11.4 Å². The third kappa shape index (κ3) is 3.68. The van der Waals surface area contributed by atoms with Gasteiger partial charge in [0.2, 0.25) is 0 Å². The summed E-state index contributed by atoms with van der Waals surface area (Å²) >= 11 is 7.16. The molecule has 0 bridgehead atoms. The maximum Gasteiger partial charge on any atom is 0.104 e. The molecule has 1 unspecified atom stereocenters. The van der Waals surface area contributed by atoms with E-state index in [1.54, 1.807) is 11.8 Å². The second-order valence-corrected chi connectivity index (χ2v) is 7.90. The van der Waals surface area contributed by atoms with Crippen molar-refractivity contribution in [1.82, 2.24) is 4.90 Å². The molecule has 0 aromatic heterocycles. The van der Waals surface area contributed by atoms with Crippen molar-refractivity contribution in [3.05, 3.63) is 47.5 Å². The highest BCUT2D eigenvalue weighted by Crippen LogP contribution is 2.47. The second-order valence-electron chi connectivity index (χ2n) is 6.37. The largest absolute Gasteiger partial charge is 0.389 e. The normalized spacial score (nSPS) is 13.8. The van der Waals surface area contributed by atoms with Crippen LogP contribution in [-0.2, 0) is 0 Å². The van der Waals surface area contributed by atoms with Crippen molar-refractivity contribution in [2.24, 2.45) is 5.73 Å². The van der Waals surface area contributed by atoms with Crippen molar-refractivity contribution in [2.45, 2.75) is 36.5 Å². The number of likely N-dealkylation sites (N-methyl/N-ethyl adjacent to an activating group) is 1. The number of hydrogen-bond acceptors (Lipinski definition) is 4. The van der Waals surface area contributed by atoms with Gasteiger partial charge >= 0.3 is 0 Å². The topological polar surface area (TPSA) is 41.3 Å². The van der Waals surface area contributed by atoms with E-state index < -0.39 is 0 Å². The molecule has 25 heavy (non-hydrogen) atoms. The summed E-state index contributed by atoms with van der Waals surface area (Å²) in [6.45, 7) is 9.76. The van der Waals surface area contributed by atoms with Crippen molar-refractivity contribution in [2.75, 3.05) is 25.0 Å². The Morgan fingerprint density at radius 3 is 2.56 bits per heavy atom. The molecule has 3 N–H and O–H groups in total. The van der Waals surface area contributed by atoms with Crippen molar-refractivity contribution in [1.29, 1.82) is 0 Å². The molecule has 0 spiro atoms. The van der Waals surface area contributed by atoms with Gasteiger partial charge in [0.1, 0.15) is 4.99 Å². The lowest BCUT2D eigenvalue weighted by Gasteiger charge is -2.30. The molecule has 0 saturated heterocycles. The Balaban J connectivity index is 2.05. The Labute approximate surface area is 160 Å². The van der Waals surface area contributed by atoms with Crippen LogP contribution in [0.3, 0.4) is 0 Å². The molecule has 132 valence electrons. The molecule has 2 aromatic rings. The molecule has 0 saturated carbocycles. The van der Waals surface area contributed by atoms with Gasteiger partial charge in [-0.2, -0.15) is 0 Å². The summed E-state index contributed by atoms with van der Waals surface area (Å²) in [5.74, 6) is 0.338. The fourth-order valence-corrected chi connectivity index (χ4v) is 4.60. The number of rotatable bonds is 6. The first-order chi connectivity index (χ1) is 12.0. The van der Waals surface area contributed by atoms with E-state index in [1.165, 1.54) is 15.4 Å². The first kappa shape index (κ1) is 18.2. The zero-order valence-corrected chi connectivity index (χ0v) is 16.6. The van der Waals surface area contributed by atoms with Crippen molar-refractivity contribution in [3.63, 3.8) is 0 Å². The standard InChI is InChI=1S/C20H25N3S2/c1-4-23(5-2)12-13(3)18-14(20(21)24)10-11-17-19(18)22-15-8-6-7-9-16(15)25-17/h6-11,13,22H,4-5,12H2,1-3H3,(H2,21,24).